The van der Waals surface area contributed by atoms with E-state index in [1.807, 2.05) is 0 Å². The van der Waals surface area contributed by atoms with E-state index in [4.69, 9.17) is 11.6 Å². The molecule has 1 amide bonds. The molecule has 22 heavy (non-hydrogen) atoms. The van der Waals surface area contributed by atoms with Gasteiger partial charge in [-0.2, -0.15) is 19.7 Å². The fourth-order valence-electron chi connectivity index (χ4n) is 1.82. The van der Waals surface area contributed by atoms with E-state index in [2.05, 4.69) is 20.7 Å². The maximum Gasteiger partial charge on any atom is 0.264 e. The van der Waals surface area contributed by atoms with E-state index >= 15 is 0 Å². The molecule has 118 valence electrons. The van der Waals surface area contributed by atoms with Gasteiger partial charge in [-0.3, -0.25) is 9.48 Å². The van der Waals surface area contributed by atoms with Gasteiger partial charge in [0.05, 0.1) is 28.2 Å². The molecule has 1 unspecified atom stereocenters. The number of amides is 1. The first-order valence-corrected chi connectivity index (χ1v) is 6.92. The van der Waals surface area contributed by atoms with Gasteiger partial charge in [-0.25, -0.2) is 10.1 Å². The third-order valence-corrected chi connectivity index (χ3v) is 3.57. The molecule has 0 aliphatic rings. The quantitative estimate of drug-likeness (QED) is 0.686. The van der Waals surface area contributed by atoms with Crippen LogP contribution in [0.15, 0.2) is 11.3 Å². The largest absolute Gasteiger partial charge is 0.271 e. The third kappa shape index (κ3) is 3.16. The van der Waals surface area contributed by atoms with Crippen molar-refractivity contribution in [3.63, 3.8) is 0 Å². The molecule has 0 radical (unpaired) electrons. The van der Waals surface area contributed by atoms with Crippen LogP contribution in [0.3, 0.4) is 0 Å². The Morgan fingerprint density at radius 2 is 2.14 bits per heavy atom. The fourth-order valence-corrected chi connectivity index (χ4v) is 1.96. The number of hydrogen-bond donors (Lipinski definition) is 1. The second kappa shape index (κ2) is 6.27. The number of aryl methyl sites for hydroxylation is 3. The molecule has 2 aromatic rings. The lowest BCUT2D eigenvalue weighted by molar-refractivity contribution is -0.124. The molecule has 0 aromatic carbocycles. The Bertz CT molecular complexity index is 716. The van der Waals surface area contributed by atoms with Gasteiger partial charge in [-0.1, -0.05) is 11.6 Å². The van der Waals surface area contributed by atoms with E-state index in [1.165, 1.54) is 17.9 Å². The number of hydrazone groups is 1. The lowest BCUT2D eigenvalue weighted by Crippen LogP contribution is -2.27. The lowest BCUT2D eigenvalue weighted by atomic mass is 10.3. The van der Waals surface area contributed by atoms with Gasteiger partial charge >= 0.3 is 0 Å². The lowest BCUT2D eigenvalue weighted by Gasteiger charge is -2.09. The maximum atomic E-state index is 13.7. The van der Waals surface area contributed by atoms with Crippen LogP contribution >= 0.6 is 11.6 Å². The summed E-state index contributed by atoms with van der Waals surface area (Å²) >= 11 is 5.90. The van der Waals surface area contributed by atoms with Gasteiger partial charge in [0.15, 0.2) is 0 Å². The van der Waals surface area contributed by atoms with Crippen LogP contribution in [0.1, 0.15) is 29.9 Å². The SMILES string of the molecule is Cc1nn(C(C)C(=O)NN=Cc2c(C)nn(C)c2F)cc1Cl. The number of halogens is 2. The van der Waals surface area contributed by atoms with Crippen molar-refractivity contribution in [3.8, 4) is 0 Å². The highest BCUT2D eigenvalue weighted by molar-refractivity contribution is 6.31. The van der Waals surface area contributed by atoms with Crippen molar-refractivity contribution >= 4 is 23.7 Å². The Balaban J connectivity index is 2.04. The highest BCUT2D eigenvalue weighted by Gasteiger charge is 2.17. The van der Waals surface area contributed by atoms with Gasteiger partial charge in [0.25, 0.3) is 5.91 Å². The summed E-state index contributed by atoms with van der Waals surface area (Å²) in [4.78, 5) is 12.0. The zero-order valence-electron chi connectivity index (χ0n) is 12.6. The highest BCUT2D eigenvalue weighted by atomic mass is 35.5. The van der Waals surface area contributed by atoms with E-state index in [0.29, 0.717) is 16.4 Å². The second-order valence-corrected chi connectivity index (χ2v) is 5.27. The molecule has 0 aliphatic heterocycles. The predicted octanol–water partition coefficient (Wildman–Crippen LogP) is 1.74. The summed E-state index contributed by atoms with van der Waals surface area (Å²) in [5, 5.41) is 12.3. The second-order valence-electron chi connectivity index (χ2n) is 4.87. The highest BCUT2D eigenvalue weighted by Crippen LogP contribution is 2.15. The van der Waals surface area contributed by atoms with Gasteiger partial charge in [-0.05, 0) is 20.8 Å². The van der Waals surface area contributed by atoms with E-state index in [0.717, 1.165) is 4.68 Å². The summed E-state index contributed by atoms with van der Waals surface area (Å²) in [5.74, 6) is -0.907. The van der Waals surface area contributed by atoms with Crippen molar-refractivity contribution < 1.29 is 9.18 Å². The predicted molar refractivity (Wildman–Crippen MR) is 80.3 cm³/mol. The standard InChI is InChI=1S/C13H16ClFN6O/c1-7-10(12(15)20(4)18-7)5-16-17-13(22)9(3)21-6-11(14)8(2)19-21/h5-6,9H,1-4H3,(H,17,22). The normalized spacial score (nSPS) is 12.8. The van der Waals surface area contributed by atoms with Crippen LogP contribution in [0.4, 0.5) is 4.39 Å². The molecule has 7 nitrogen and oxygen atoms in total. The minimum absolute atomic E-state index is 0.230. The molecule has 2 rings (SSSR count). The molecule has 0 spiro atoms. The summed E-state index contributed by atoms with van der Waals surface area (Å²) in [6.07, 6.45) is 2.79. The van der Waals surface area contributed by atoms with E-state index in [1.54, 1.807) is 27.0 Å². The van der Waals surface area contributed by atoms with Crippen LogP contribution in [0, 0.1) is 19.8 Å². The van der Waals surface area contributed by atoms with Crippen molar-refractivity contribution in [2.24, 2.45) is 12.1 Å². The minimum Gasteiger partial charge on any atom is -0.271 e. The number of nitrogens with one attached hydrogen (secondary N) is 1. The monoisotopic (exact) mass is 326 g/mol. The van der Waals surface area contributed by atoms with E-state index < -0.39 is 17.9 Å². The first-order chi connectivity index (χ1) is 10.3. The number of carbonyl (C=O) groups is 1. The molecule has 1 N–H and O–H groups in total. The van der Waals surface area contributed by atoms with Gasteiger partial charge in [0, 0.05) is 13.2 Å². The van der Waals surface area contributed by atoms with Crippen LogP contribution in [-0.2, 0) is 11.8 Å². The number of carbonyl (C=O) groups excluding carboxylic acids is 1. The summed E-state index contributed by atoms with van der Waals surface area (Å²) in [6.45, 7) is 5.06. The number of hydrogen-bond acceptors (Lipinski definition) is 4. The molecule has 9 heteroatoms. The average Bonchev–Trinajstić information content (AvgIpc) is 2.92. The summed E-state index contributed by atoms with van der Waals surface area (Å²) in [6, 6.07) is -0.594. The third-order valence-electron chi connectivity index (χ3n) is 3.20. The number of nitrogens with zero attached hydrogens (tertiary/aromatic N) is 5. The van der Waals surface area contributed by atoms with Gasteiger partial charge < -0.3 is 0 Å². The van der Waals surface area contributed by atoms with Crippen LogP contribution in [-0.4, -0.2) is 31.7 Å². The summed E-state index contributed by atoms with van der Waals surface area (Å²) < 4.78 is 16.2. The van der Waals surface area contributed by atoms with Crippen LogP contribution < -0.4 is 5.43 Å². The van der Waals surface area contributed by atoms with Gasteiger partial charge in [0.2, 0.25) is 5.95 Å². The van der Waals surface area contributed by atoms with Crippen molar-refractivity contribution in [1.82, 2.24) is 25.0 Å². The Morgan fingerprint density at radius 3 is 2.64 bits per heavy atom. The first-order valence-electron chi connectivity index (χ1n) is 6.54. The van der Waals surface area contributed by atoms with Crippen molar-refractivity contribution in [3.05, 3.63) is 34.1 Å². The molecule has 2 aromatic heterocycles. The maximum absolute atomic E-state index is 13.7. The molecule has 0 saturated heterocycles. The van der Waals surface area contributed by atoms with Crippen LogP contribution in [0.2, 0.25) is 5.02 Å². The molecule has 0 fully saturated rings. The zero-order valence-corrected chi connectivity index (χ0v) is 13.4. The van der Waals surface area contributed by atoms with Crippen LogP contribution in [0.25, 0.3) is 0 Å². The van der Waals surface area contributed by atoms with Crippen LogP contribution in [0.5, 0.6) is 0 Å². The zero-order chi connectivity index (χ0) is 16.4. The average molecular weight is 327 g/mol. The Morgan fingerprint density at radius 1 is 1.45 bits per heavy atom. The molecule has 0 bridgehead atoms. The molecular weight excluding hydrogens is 311 g/mol. The number of rotatable bonds is 4. The number of aromatic nitrogens is 4. The van der Waals surface area contributed by atoms with E-state index in [9.17, 15) is 9.18 Å². The topological polar surface area (TPSA) is 77.1 Å². The molecule has 0 saturated carbocycles. The Labute approximate surface area is 131 Å². The fraction of sp³-hybridized carbons (Fsp3) is 0.385. The molecule has 1 atom stereocenters. The molecular formula is C13H16ClFN6O. The molecule has 2 heterocycles. The van der Waals surface area contributed by atoms with Crippen molar-refractivity contribution in [2.45, 2.75) is 26.8 Å². The van der Waals surface area contributed by atoms with E-state index in [-0.39, 0.29) is 5.56 Å². The minimum atomic E-state index is -0.594. The molecule has 0 aliphatic carbocycles. The first kappa shape index (κ1) is 16.2. The Hall–Kier alpha value is -2.22. The van der Waals surface area contributed by atoms with Crippen molar-refractivity contribution in [1.29, 1.82) is 0 Å². The van der Waals surface area contributed by atoms with Crippen molar-refractivity contribution in [2.75, 3.05) is 0 Å². The summed E-state index contributed by atoms with van der Waals surface area (Å²) in [5.41, 5.74) is 3.70. The van der Waals surface area contributed by atoms with Gasteiger partial charge in [0.1, 0.15) is 6.04 Å². The smallest absolute Gasteiger partial charge is 0.264 e. The Kier molecular flexibility index (Phi) is 4.60. The summed E-state index contributed by atoms with van der Waals surface area (Å²) in [7, 11) is 1.49. The van der Waals surface area contributed by atoms with Gasteiger partial charge in [-0.15, -0.1) is 0 Å².